The van der Waals surface area contributed by atoms with Crippen LogP contribution in [0.5, 0.6) is 11.5 Å². The number of likely N-dealkylation sites (N-methyl/N-ethyl adjacent to an activating group) is 1. The third kappa shape index (κ3) is 5.32. The minimum absolute atomic E-state index is 0.0417. The Labute approximate surface area is 199 Å². The standard InChI is InChI=1S/C22H24N4O5S2/c1-3-24(4-2)9-10-25(20(27)7-5-15-6-8-21(32-15)26(28)29)22-23-16-13-17-18(14-19(16)33-22)31-12-11-30-17/h5-8,13-14H,3-4,9-12H2,1-2H3. The first-order valence-corrected chi connectivity index (χ1v) is 12.3. The number of anilines is 1. The number of hydrogen-bond donors (Lipinski definition) is 0. The lowest BCUT2D eigenvalue weighted by molar-refractivity contribution is -0.380. The molecular formula is C22H24N4O5S2. The zero-order valence-electron chi connectivity index (χ0n) is 18.4. The van der Waals surface area contributed by atoms with Crippen LogP contribution in [-0.2, 0) is 4.79 Å². The summed E-state index contributed by atoms with van der Waals surface area (Å²) < 4.78 is 12.2. The average molecular weight is 489 g/mol. The second-order valence-electron chi connectivity index (χ2n) is 7.24. The zero-order valence-corrected chi connectivity index (χ0v) is 20.0. The van der Waals surface area contributed by atoms with Gasteiger partial charge in [-0.05, 0) is 25.2 Å². The smallest absolute Gasteiger partial charge is 0.324 e. The van der Waals surface area contributed by atoms with Crippen LogP contribution in [0.25, 0.3) is 16.3 Å². The summed E-state index contributed by atoms with van der Waals surface area (Å²) in [7, 11) is 0. The van der Waals surface area contributed by atoms with Gasteiger partial charge in [-0.3, -0.25) is 19.8 Å². The number of thiazole rings is 1. The SMILES string of the molecule is CCN(CC)CCN(C(=O)C=Cc1ccc([N+](=O)[O-])s1)c1nc2cc3c(cc2s1)OCCO3. The molecule has 1 amide bonds. The van der Waals surface area contributed by atoms with Crippen LogP contribution in [0.3, 0.4) is 0 Å². The van der Waals surface area contributed by atoms with Crippen LogP contribution in [0.1, 0.15) is 18.7 Å². The molecule has 9 nitrogen and oxygen atoms in total. The van der Waals surface area contributed by atoms with Gasteiger partial charge >= 0.3 is 5.00 Å². The highest BCUT2D eigenvalue weighted by Crippen LogP contribution is 2.39. The maximum Gasteiger partial charge on any atom is 0.324 e. The Bertz CT molecular complexity index is 1140. The van der Waals surface area contributed by atoms with E-state index in [0.717, 1.165) is 34.6 Å². The van der Waals surface area contributed by atoms with Crippen LogP contribution < -0.4 is 14.4 Å². The molecule has 1 aliphatic rings. The van der Waals surface area contributed by atoms with Crippen LogP contribution in [0.15, 0.2) is 30.3 Å². The van der Waals surface area contributed by atoms with E-state index >= 15 is 0 Å². The third-order valence-corrected chi connectivity index (χ3v) is 7.30. The van der Waals surface area contributed by atoms with Crippen LogP contribution in [0.4, 0.5) is 10.1 Å². The molecule has 2 aromatic heterocycles. The number of thiophene rings is 1. The van der Waals surface area contributed by atoms with Crippen molar-refractivity contribution in [3.8, 4) is 11.5 Å². The van der Waals surface area contributed by atoms with Gasteiger partial charge in [0.1, 0.15) is 13.2 Å². The first-order valence-electron chi connectivity index (χ1n) is 10.6. The average Bonchev–Trinajstić information content (AvgIpc) is 3.45. The van der Waals surface area contributed by atoms with E-state index in [0.29, 0.717) is 47.8 Å². The number of rotatable bonds is 9. The van der Waals surface area contributed by atoms with Crippen molar-refractivity contribution in [3.63, 3.8) is 0 Å². The minimum atomic E-state index is -0.436. The number of ether oxygens (including phenoxy) is 2. The summed E-state index contributed by atoms with van der Waals surface area (Å²) in [4.78, 5) is 32.9. The Morgan fingerprint density at radius 3 is 2.55 bits per heavy atom. The van der Waals surface area contributed by atoms with E-state index < -0.39 is 4.92 Å². The summed E-state index contributed by atoms with van der Waals surface area (Å²) in [5, 5.41) is 11.6. The lowest BCUT2D eigenvalue weighted by Gasteiger charge is -2.23. The number of nitrogens with zero attached hydrogens (tertiary/aromatic N) is 4. The highest BCUT2D eigenvalue weighted by molar-refractivity contribution is 7.22. The largest absolute Gasteiger partial charge is 0.486 e. The van der Waals surface area contributed by atoms with E-state index in [-0.39, 0.29) is 10.9 Å². The normalized spacial score (nSPS) is 13.2. The van der Waals surface area contributed by atoms with Gasteiger partial charge in [-0.1, -0.05) is 36.5 Å². The quantitative estimate of drug-likeness (QED) is 0.250. The second kappa shape index (κ2) is 10.3. The molecule has 0 radical (unpaired) electrons. The van der Waals surface area contributed by atoms with Crippen molar-refractivity contribution < 1.29 is 19.2 Å². The van der Waals surface area contributed by atoms with E-state index in [1.165, 1.54) is 23.5 Å². The van der Waals surface area contributed by atoms with E-state index in [2.05, 4.69) is 18.7 Å². The molecule has 4 rings (SSSR count). The van der Waals surface area contributed by atoms with Crippen molar-refractivity contribution in [3.05, 3.63) is 45.3 Å². The minimum Gasteiger partial charge on any atom is -0.486 e. The van der Waals surface area contributed by atoms with Gasteiger partial charge in [0, 0.05) is 42.2 Å². The fourth-order valence-electron chi connectivity index (χ4n) is 3.42. The summed E-state index contributed by atoms with van der Waals surface area (Å²) in [5.74, 6) is 1.12. The highest BCUT2D eigenvalue weighted by Gasteiger charge is 2.21. The zero-order chi connectivity index (χ0) is 23.4. The number of benzene rings is 1. The Morgan fingerprint density at radius 1 is 1.15 bits per heavy atom. The molecule has 3 heterocycles. The van der Waals surface area contributed by atoms with E-state index in [1.54, 1.807) is 17.0 Å². The molecule has 1 aromatic carbocycles. The molecule has 3 aromatic rings. The molecular weight excluding hydrogens is 464 g/mol. The van der Waals surface area contributed by atoms with Crippen molar-refractivity contribution >= 4 is 55.0 Å². The monoisotopic (exact) mass is 488 g/mol. The fraction of sp³-hybridized carbons (Fsp3) is 0.364. The number of aromatic nitrogens is 1. The maximum absolute atomic E-state index is 13.2. The van der Waals surface area contributed by atoms with Crippen molar-refractivity contribution in [2.24, 2.45) is 0 Å². The molecule has 0 unspecified atom stereocenters. The maximum atomic E-state index is 13.2. The topological polar surface area (TPSA) is 98.0 Å². The van der Waals surface area contributed by atoms with Crippen molar-refractivity contribution in [1.29, 1.82) is 0 Å². The van der Waals surface area contributed by atoms with E-state index in [1.807, 2.05) is 12.1 Å². The molecule has 0 saturated heterocycles. The molecule has 1 aliphatic heterocycles. The van der Waals surface area contributed by atoms with E-state index in [9.17, 15) is 14.9 Å². The predicted octanol–water partition coefficient (Wildman–Crippen LogP) is 4.43. The number of fused-ring (bicyclic) bond motifs is 2. The number of hydrogen-bond acceptors (Lipinski definition) is 9. The first-order chi connectivity index (χ1) is 16.0. The number of nitro groups is 1. The van der Waals surface area contributed by atoms with E-state index in [4.69, 9.17) is 14.5 Å². The van der Waals surface area contributed by atoms with Gasteiger partial charge < -0.3 is 14.4 Å². The molecule has 0 aliphatic carbocycles. The summed E-state index contributed by atoms with van der Waals surface area (Å²) in [6.07, 6.45) is 3.05. The molecule has 0 saturated carbocycles. The number of amides is 1. The van der Waals surface area contributed by atoms with Gasteiger partial charge in [-0.15, -0.1) is 0 Å². The Hall–Kier alpha value is -3.02. The molecule has 0 fully saturated rings. The lowest BCUT2D eigenvalue weighted by Crippen LogP contribution is -2.38. The van der Waals surface area contributed by atoms with Crippen LogP contribution in [-0.4, -0.2) is 60.1 Å². The molecule has 0 N–H and O–H groups in total. The van der Waals surface area contributed by atoms with Gasteiger partial charge in [0.2, 0.25) is 0 Å². The van der Waals surface area contributed by atoms with Gasteiger partial charge in [-0.2, -0.15) is 0 Å². The van der Waals surface area contributed by atoms with Crippen LogP contribution in [0, 0.1) is 10.1 Å². The molecule has 0 spiro atoms. The van der Waals surface area contributed by atoms with Crippen LogP contribution >= 0.6 is 22.7 Å². The first kappa shape index (κ1) is 23.1. The number of carbonyl (C=O) groups is 1. The van der Waals surface area contributed by atoms with Crippen LogP contribution in [0.2, 0.25) is 0 Å². The van der Waals surface area contributed by atoms with Crippen molar-refractivity contribution in [2.75, 3.05) is 44.3 Å². The lowest BCUT2D eigenvalue weighted by atomic mass is 10.3. The second-order valence-corrected chi connectivity index (χ2v) is 9.35. The fourth-order valence-corrected chi connectivity index (χ4v) is 5.15. The molecule has 174 valence electrons. The molecule has 33 heavy (non-hydrogen) atoms. The van der Waals surface area contributed by atoms with Crippen molar-refractivity contribution in [1.82, 2.24) is 9.88 Å². The Kier molecular flexibility index (Phi) is 7.21. The van der Waals surface area contributed by atoms with Gasteiger partial charge in [0.15, 0.2) is 16.6 Å². The summed E-state index contributed by atoms with van der Waals surface area (Å²) in [5.41, 5.74) is 0.748. The van der Waals surface area contributed by atoms with Gasteiger partial charge in [-0.25, -0.2) is 4.98 Å². The highest BCUT2D eigenvalue weighted by atomic mass is 32.1. The Balaban J connectivity index is 1.61. The Morgan fingerprint density at radius 2 is 1.88 bits per heavy atom. The third-order valence-electron chi connectivity index (χ3n) is 5.26. The molecule has 0 atom stereocenters. The van der Waals surface area contributed by atoms with Crippen molar-refractivity contribution in [2.45, 2.75) is 13.8 Å². The predicted molar refractivity (Wildman–Crippen MR) is 131 cm³/mol. The van der Waals surface area contributed by atoms with Gasteiger partial charge in [0.25, 0.3) is 5.91 Å². The molecule has 11 heteroatoms. The molecule has 0 bridgehead atoms. The van der Waals surface area contributed by atoms with Gasteiger partial charge in [0.05, 0.1) is 15.1 Å². The summed E-state index contributed by atoms with van der Waals surface area (Å²) in [6, 6.07) is 6.82. The summed E-state index contributed by atoms with van der Waals surface area (Å²) >= 11 is 2.45. The number of carbonyl (C=O) groups excluding carboxylic acids is 1. The summed E-state index contributed by atoms with van der Waals surface area (Å²) in [6.45, 7) is 8.11.